The summed E-state index contributed by atoms with van der Waals surface area (Å²) in [7, 11) is 0. The lowest BCUT2D eigenvalue weighted by atomic mass is 10.1. The summed E-state index contributed by atoms with van der Waals surface area (Å²) in [4.78, 5) is 7.46. The maximum absolute atomic E-state index is 13.2. The number of rotatable bonds is 6. The van der Waals surface area contributed by atoms with Crippen molar-refractivity contribution in [3.63, 3.8) is 0 Å². The number of nitrogens with zero attached hydrogens (tertiary/aromatic N) is 5. The van der Waals surface area contributed by atoms with Crippen LogP contribution in [-0.2, 0) is 19.1 Å². The van der Waals surface area contributed by atoms with Gasteiger partial charge in [-0.05, 0) is 24.1 Å². The van der Waals surface area contributed by atoms with Crippen molar-refractivity contribution in [2.24, 2.45) is 5.10 Å². The molecule has 0 aliphatic rings. The maximum Gasteiger partial charge on any atom is 0.433 e. The van der Waals surface area contributed by atoms with E-state index < -0.39 is 30.5 Å². The van der Waals surface area contributed by atoms with Gasteiger partial charge < -0.3 is 0 Å². The summed E-state index contributed by atoms with van der Waals surface area (Å²) in [6.07, 6.45) is -6.22. The van der Waals surface area contributed by atoms with Crippen molar-refractivity contribution in [2.45, 2.75) is 32.2 Å². The highest BCUT2D eigenvalue weighted by Gasteiger charge is 2.34. The molecule has 0 spiro atoms. The number of halogens is 6. The molecular formula is C19H16F6N6. The average Bonchev–Trinajstić information content (AvgIpc) is 3.12. The SMILES string of the molecule is CCc1ccc(-c2cc(C(F)(F)F)nc(N/N=C\c3ccn(CC(F)(F)F)n3)n2)cc1. The second-order valence-corrected chi connectivity index (χ2v) is 6.43. The second-order valence-electron chi connectivity index (χ2n) is 6.43. The summed E-state index contributed by atoms with van der Waals surface area (Å²) in [6, 6.07) is 8.98. The Kier molecular flexibility index (Phi) is 6.27. The zero-order chi connectivity index (χ0) is 22.6. The fraction of sp³-hybridized carbons (Fsp3) is 0.263. The van der Waals surface area contributed by atoms with Crippen LogP contribution in [0.1, 0.15) is 23.9 Å². The molecule has 2 aromatic heterocycles. The van der Waals surface area contributed by atoms with E-state index in [0.29, 0.717) is 10.2 Å². The first-order chi connectivity index (χ1) is 14.5. The van der Waals surface area contributed by atoms with Gasteiger partial charge in [-0.3, -0.25) is 4.68 Å². The van der Waals surface area contributed by atoms with Gasteiger partial charge >= 0.3 is 12.4 Å². The lowest BCUT2D eigenvalue weighted by Gasteiger charge is -2.10. The van der Waals surface area contributed by atoms with E-state index in [-0.39, 0.29) is 11.4 Å². The molecule has 0 bridgehead atoms. The summed E-state index contributed by atoms with van der Waals surface area (Å²) in [5.74, 6) is -0.421. The van der Waals surface area contributed by atoms with Crippen LogP contribution in [0.3, 0.4) is 0 Å². The van der Waals surface area contributed by atoms with Crippen LogP contribution in [0.25, 0.3) is 11.3 Å². The van der Waals surface area contributed by atoms with E-state index in [0.717, 1.165) is 30.5 Å². The fourth-order valence-corrected chi connectivity index (χ4v) is 2.58. The van der Waals surface area contributed by atoms with Gasteiger partial charge in [-0.1, -0.05) is 31.2 Å². The van der Waals surface area contributed by atoms with Gasteiger partial charge in [0.25, 0.3) is 0 Å². The molecule has 0 aliphatic carbocycles. The molecule has 0 atom stereocenters. The van der Waals surface area contributed by atoms with E-state index in [1.54, 1.807) is 24.3 Å². The number of hydrazone groups is 1. The molecule has 0 saturated heterocycles. The molecule has 0 unspecified atom stereocenters. The van der Waals surface area contributed by atoms with E-state index in [9.17, 15) is 26.3 Å². The zero-order valence-electron chi connectivity index (χ0n) is 16.0. The Morgan fingerprint density at radius 2 is 1.74 bits per heavy atom. The smallest absolute Gasteiger partial charge is 0.263 e. The van der Waals surface area contributed by atoms with Gasteiger partial charge in [0.15, 0.2) is 5.69 Å². The Hall–Kier alpha value is -3.44. The third-order valence-corrected chi connectivity index (χ3v) is 4.04. The monoisotopic (exact) mass is 442 g/mol. The molecule has 0 radical (unpaired) electrons. The summed E-state index contributed by atoms with van der Waals surface area (Å²) >= 11 is 0. The Bertz CT molecular complexity index is 1050. The van der Waals surface area contributed by atoms with Crippen molar-refractivity contribution in [3.8, 4) is 11.3 Å². The summed E-state index contributed by atoms with van der Waals surface area (Å²) in [6.45, 7) is 0.679. The molecule has 0 amide bonds. The number of benzene rings is 1. The summed E-state index contributed by atoms with van der Waals surface area (Å²) < 4.78 is 77.5. The Morgan fingerprint density at radius 1 is 1.03 bits per heavy atom. The molecule has 0 fully saturated rings. The molecule has 164 valence electrons. The van der Waals surface area contributed by atoms with Crippen molar-refractivity contribution >= 4 is 12.2 Å². The number of hydrogen-bond donors (Lipinski definition) is 1. The summed E-state index contributed by atoms with van der Waals surface area (Å²) in [5, 5.41) is 7.33. The van der Waals surface area contributed by atoms with Crippen LogP contribution in [0, 0.1) is 0 Å². The average molecular weight is 442 g/mol. The Balaban J connectivity index is 1.82. The van der Waals surface area contributed by atoms with Crippen molar-refractivity contribution < 1.29 is 26.3 Å². The Labute approximate surface area is 172 Å². The maximum atomic E-state index is 13.2. The number of nitrogens with one attached hydrogen (secondary N) is 1. The number of hydrogen-bond acceptors (Lipinski definition) is 5. The highest BCUT2D eigenvalue weighted by molar-refractivity contribution is 5.77. The van der Waals surface area contributed by atoms with Crippen LogP contribution < -0.4 is 5.43 Å². The lowest BCUT2D eigenvalue weighted by Crippen LogP contribution is -2.18. The number of alkyl halides is 6. The molecule has 1 aromatic carbocycles. The number of aryl methyl sites for hydroxylation is 1. The topological polar surface area (TPSA) is 68.0 Å². The number of aromatic nitrogens is 4. The van der Waals surface area contributed by atoms with Crippen LogP contribution in [0.5, 0.6) is 0 Å². The molecular weight excluding hydrogens is 426 g/mol. The minimum Gasteiger partial charge on any atom is -0.263 e. The van der Waals surface area contributed by atoms with Crippen molar-refractivity contribution in [2.75, 3.05) is 5.43 Å². The molecule has 1 N–H and O–H groups in total. The highest BCUT2D eigenvalue weighted by Crippen LogP contribution is 2.31. The summed E-state index contributed by atoms with van der Waals surface area (Å²) in [5.41, 5.74) is 2.69. The second kappa shape index (κ2) is 8.74. The van der Waals surface area contributed by atoms with E-state index in [1.807, 2.05) is 6.92 Å². The number of anilines is 1. The van der Waals surface area contributed by atoms with Crippen LogP contribution in [-0.4, -0.2) is 32.1 Å². The van der Waals surface area contributed by atoms with Gasteiger partial charge in [-0.2, -0.15) is 36.5 Å². The van der Waals surface area contributed by atoms with Gasteiger partial charge in [0, 0.05) is 11.8 Å². The van der Waals surface area contributed by atoms with Gasteiger partial charge in [-0.15, -0.1) is 0 Å². The Morgan fingerprint density at radius 3 is 2.35 bits per heavy atom. The molecule has 31 heavy (non-hydrogen) atoms. The van der Waals surface area contributed by atoms with Gasteiger partial charge in [0.2, 0.25) is 5.95 Å². The van der Waals surface area contributed by atoms with E-state index in [2.05, 4.69) is 25.6 Å². The third-order valence-electron chi connectivity index (χ3n) is 4.04. The largest absolute Gasteiger partial charge is 0.433 e. The third kappa shape index (κ3) is 6.27. The molecule has 6 nitrogen and oxygen atoms in total. The molecule has 0 saturated carbocycles. The zero-order valence-corrected chi connectivity index (χ0v) is 16.0. The van der Waals surface area contributed by atoms with Crippen molar-refractivity contribution in [1.29, 1.82) is 0 Å². The molecule has 12 heteroatoms. The van der Waals surface area contributed by atoms with Crippen molar-refractivity contribution in [3.05, 3.63) is 59.5 Å². The van der Waals surface area contributed by atoms with E-state index in [4.69, 9.17) is 0 Å². The van der Waals surface area contributed by atoms with Crippen LogP contribution in [0.15, 0.2) is 47.7 Å². The minimum atomic E-state index is -4.71. The standard InChI is InChI=1S/C19H16F6N6/c1-2-12-3-5-13(6-4-12)15-9-16(19(23,24)25)28-17(27-15)29-26-10-14-7-8-31(30-14)11-18(20,21)22/h3-10H,2,11H2,1H3,(H,27,28,29)/b26-10-. The van der Waals surface area contributed by atoms with Crippen LogP contribution in [0.4, 0.5) is 32.3 Å². The molecule has 2 heterocycles. The van der Waals surface area contributed by atoms with E-state index >= 15 is 0 Å². The molecule has 0 aliphatic heterocycles. The quantitative estimate of drug-likeness (QED) is 0.334. The normalized spacial score (nSPS) is 12.5. The lowest BCUT2D eigenvalue weighted by molar-refractivity contribution is -0.143. The highest BCUT2D eigenvalue weighted by atomic mass is 19.4. The van der Waals surface area contributed by atoms with Crippen LogP contribution in [0.2, 0.25) is 0 Å². The van der Waals surface area contributed by atoms with Gasteiger partial charge in [0.05, 0.1) is 11.9 Å². The van der Waals surface area contributed by atoms with Gasteiger partial charge in [-0.25, -0.2) is 15.4 Å². The predicted molar refractivity (Wildman–Crippen MR) is 101 cm³/mol. The van der Waals surface area contributed by atoms with Gasteiger partial charge in [0.1, 0.15) is 12.2 Å². The first kappa shape index (κ1) is 22.2. The molecule has 3 aromatic rings. The first-order valence-electron chi connectivity index (χ1n) is 8.98. The van der Waals surface area contributed by atoms with Crippen LogP contribution >= 0.6 is 0 Å². The molecule has 3 rings (SSSR count). The fourth-order valence-electron chi connectivity index (χ4n) is 2.58. The first-order valence-corrected chi connectivity index (χ1v) is 8.98. The minimum absolute atomic E-state index is 0.0390. The predicted octanol–water partition coefficient (Wildman–Crippen LogP) is 4.93. The van der Waals surface area contributed by atoms with E-state index in [1.165, 1.54) is 6.07 Å². The van der Waals surface area contributed by atoms with Crippen molar-refractivity contribution in [1.82, 2.24) is 19.7 Å².